The minimum Gasteiger partial charge on any atom is -0.444 e. The van der Waals surface area contributed by atoms with Crippen LogP contribution in [0.3, 0.4) is 0 Å². The second-order valence-corrected chi connectivity index (χ2v) is 15.5. The number of amides is 5. The van der Waals surface area contributed by atoms with Crippen molar-refractivity contribution in [1.29, 1.82) is 0 Å². The lowest BCUT2D eigenvalue weighted by molar-refractivity contribution is -0.142. The molecule has 16 heteroatoms. The summed E-state index contributed by atoms with van der Waals surface area (Å²) in [7, 11) is -3.91. The zero-order valence-electron chi connectivity index (χ0n) is 27.2. The molecule has 2 aliphatic carbocycles. The Morgan fingerprint density at radius 2 is 1.81 bits per heavy atom. The van der Waals surface area contributed by atoms with Crippen molar-refractivity contribution in [2.75, 3.05) is 25.1 Å². The lowest BCUT2D eigenvalue weighted by Crippen LogP contribution is -2.59. The van der Waals surface area contributed by atoms with Crippen molar-refractivity contribution in [2.45, 2.75) is 93.9 Å². The van der Waals surface area contributed by atoms with Crippen LogP contribution >= 0.6 is 0 Å². The second kappa shape index (κ2) is 14.1. The number of carbonyl (C=O) groups excluding carboxylic acids is 5. The highest BCUT2D eigenvalue weighted by molar-refractivity contribution is 7.91. The predicted octanol–water partition coefficient (Wildman–Crippen LogP) is 1.95. The number of allylic oxidation sites excluding steroid dienone is 1. The molecule has 5 atom stereocenters. The van der Waals surface area contributed by atoms with Gasteiger partial charge >= 0.3 is 12.2 Å². The molecule has 1 saturated heterocycles. The standard InChI is InChI=1S/C32H43N5O10S/c1-31(2,3)47-30(42)34-24-19-45-15-9-5-6-10-20-17-32(20,28(40)36-48(43,44)23-13-14-23)35-26(38)25-16-22(18-37(25)27(24)39)46-29(41)33-21-11-7-4-8-12-21/h4,6-8,10-12,20,22-25H,5,9,13-19H2,1-3H3,(H,33,41)(H,34,42)(H,35,38)(H,36,40)/b10-6-/t20-,22-,24+,25+,32-/m1/s1. The fourth-order valence-electron chi connectivity index (χ4n) is 5.75. The van der Waals surface area contributed by atoms with Crippen molar-refractivity contribution in [1.82, 2.24) is 20.3 Å². The van der Waals surface area contributed by atoms with E-state index in [0.29, 0.717) is 31.4 Å². The Kier molecular flexibility index (Phi) is 10.3. The number of carbonyl (C=O) groups is 5. The maximum atomic E-state index is 14.1. The summed E-state index contributed by atoms with van der Waals surface area (Å²) >= 11 is 0. The minimum atomic E-state index is -3.91. The Bertz CT molecular complexity index is 1540. The number of hydrogen-bond acceptors (Lipinski definition) is 10. The fourth-order valence-corrected chi connectivity index (χ4v) is 7.12. The fraction of sp³-hybridized carbons (Fsp3) is 0.594. The average Bonchev–Trinajstić information content (AvgIpc) is 3.92. The zero-order valence-corrected chi connectivity index (χ0v) is 28.0. The Morgan fingerprint density at radius 3 is 2.50 bits per heavy atom. The molecule has 1 aromatic carbocycles. The Labute approximate surface area is 279 Å². The van der Waals surface area contributed by atoms with Gasteiger partial charge < -0.3 is 29.7 Å². The van der Waals surface area contributed by atoms with E-state index in [1.165, 1.54) is 4.90 Å². The first-order valence-corrected chi connectivity index (χ1v) is 17.7. The predicted molar refractivity (Wildman–Crippen MR) is 172 cm³/mol. The zero-order chi connectivity index (χ0) is 34.7. The van der Waals surface area contributed by atoms with E-state index in [-0.39, 0.29) is 32.6 Å². The molecule has 15 nitrogen and oxygen atoms in total. The molecule has 2 saturated carbocycles. The summed E-state index contributed by atoms with van der Waals surface area (Å²) in [6, 6.07) is 6.07. The normalized spacial score (nSPS) is 28.7. The van der Waals surface area contributed by atoms with Gasteiger partial charge in [0.05, 0.1) is 18.4 Å². The lowest BCUT2D eigenvalue weighted by Gasteiger charge is -2.30. The van der Waals surface area contributed by atoms with Crippen LogP contribution in [0.5, 0.6) is 0 Å². The number of nitrogens with one attached hydrogen (secondary N) is 4. The maximum absolute atomic E-state index is 14.1. The van der Waals surface area contributed by atoms with Gasteiger partial charge in [-0.05, 0) is 65.0 Å². The molecular formula is C32H43N5O10S. The number of benzene rings is 1. The molecule has 1 aromatic rings. The average molecular weight is 690 g/mol. The number of rotatable bonds is 6. The van der Waals surface area contributed by atoms with Crippen LogP contribution in [-0.4, -0.2) is 97.6 Å². The number of para-hydroxylation sites is 1. The highest BCUT2D eigenvalue weighted by Gasteiger charge is 2.62. The number of ether oxygens (including phenoxy) is 3. The van der Waals surface area contributed by atoms with Crippen molar-refractivity contribution in [3.05, 3.63) is 42.5 Å². The Balaban J connectivity index is 1.40. The van der Waals surface area contributed by atoms with Gasteiger partial charge in [0.2, 0.25) is 21.8 Å². The first-order chi connectivity index (χ1) is 22.7. The van der Waals surface area contributed by atoms with E-state index in [1.54, 1.807) is 57.2 Å². The molecule has 2 aliphatic heterocycles. The summed E-state index contributed by atoms with van der Waals surface area (Å²) < 4.78 is 44.2. The van der Waals surface area contributed by atoms with E-state index in [9.17, 15) is 32.4 Å². The summed E-state index contributed by atoms with van der Waals surface area (Å²) in [6.45, 7) is 4.83. The highest BCUT2D eigenvalue weighted by atomic mass is 32.2. The van der Waals surface area contributed by atoms with E-state index in [4.69, 9.17) is 14.2 Å². The van der Waals surface area contributed by atoms with Crippen molar-refractivity contribution < 1.29 is 46.6 Å². The van der Waals surface area contributed by atoms with Crippen molar-refractivity contribution in [2.24, 2.45) is 5.92 Å². The van der Waals surface area contributed by atoms with Gasteiger partial charge in [0.25, 0.3) is 5.91 Å². The Morgan fingerprint density at radius 1 is 1.08 bits per heavy atom. The van der Waals surface area contributed by atoms with Gasteiger partial charge in [-0.25, -0.2) is 18.0 Å². The van der Waals surface area contributed by atoms with Crippen molar-refractivity contribution >= 4 is 45.6 Å². The third kappa shape index (κ3) is 8.83. The highest BCUT2D eigenvalue weighted by Crippen LogP contribution is 2.46. The van der Waals surface area contributed by atoms with Gasteiger partial charge in [-0.1, -0.05) is 30.4 Å². The molecule has 0 spiro atoms. The van der Waals surface area contributed by atoms with Gasteiger partial charge in [-0.2, -0.15) is 0 Å². The summed E-state index contributed by atoms with van der Waals surface area (Å²) in [6.07, 6.45) is 3.03. The molecule has 3 fully saturated rings. The van der Waals surface area contributed by atoms with E-state index >= 15 is 0 Å². The van der Waals surface area contributed by atoms with Crippen molar-refractivity contribution in [3.8, 4) is 0 Å². The van der Waals surface area contributed by atoms with Gasteiger partial charge in [-0.15, -0.1) is 0 Å². The number of anilines is 1. The van der Waals surface area contributed by atoms with E-state index in [2.05, 4.69) is 20.7 Å². The van der Waals surface area contributed by atoms with Gasteiger partial charge in [-0.3, -0.25) is 24.4 Å². The molecule has 4 N–H and O–H groups in total. The minimum absolute atomic E-state index is 0.127. The molecule has 5 amide bonds. The molecule has 0 unspecified atom stereocenters. The first-order valence-electron chi connectivity index (χ1n) is 16.1. The van der Waals surface area contributed by atoms with Crippen LogP contribution < -0.4 is 20.7 Å². The largest absolute Gasteiger partial charge is 0.444 e. The van der Waals surface area contributed by atoms with Crippen molar-refractivity contribution in [3.63, 3.8) is 0 Å². The van der Waals surface area contributed by atoms with Gasteiger partial charge in [0.1, 0.15) is 29.3 Å². The molecule has 2 heterocycles. The van der Waals surface area contributed by atoms with Crippen LogP contribution in [0.25, 0.3) is 0 Å². The van der Waals surface area contributed by atoms with Crippen LogP contribution in [0.15, 0.2) is 42.5 Å². The quantitative estimate of drug-likeness (QED) is 0.320. The summed E-state index contributed by atoms with van der Waals surface area (Å²) in [5, 5.41) is 7.25. The van der Waals surface area contributed by atoms with Crippen LogP contribution in [-0.2, 0) is 38.6 Å². The van der Waals surface area contributed by atoms with Crippen LogP contribution in [0.2, 0.25) is 0 Å². The van der Waals surface area contributed by atoms with Gasteiger partial charge in [0.15, 0.2) is 0 Å². The van der Waals surface area contributed by atoms with E-state index in [0.717, 1.165) is 0 Å². The summed E-state index contributed by atoms with van der Waals surface area (Å²) in [5.41, 5.74) is -1.94. The third-order valence-corrected chi connectivity index (χ3v) is 10.2. The number of alkyl carbamates (subject to hydrolysis) is 1. The third-order valence-electron chi connectivity index (χ3n) is 8.41. The second-order valence-electron chi connectivity index (χ2n) is 13.6. The lowest BCUT2D eigenvalue weighted by atomic mass is 10.1. The molecule has 4 aliphatic rings. The first kappa shape index (κ1) is 35.1. The SMILES string of the molecule is CC(C)(C)OC(=O)N[C@H]1COCCC/C=C\[C@@H]2C[C@@]2(C(=O)NS(=O)(=O)C2CC2)NC(=O)[C@@H]2C[C@@H](OC(=O)Nc3ccccc3)CN2C1=O. The summed E-state index contributed by atoms with van der Waals surface area (Å²) in [5.74, 6) is -2.76. The van der Waals surface area contributed by atoms with E-state index < -0.39 is 80.4 Å². The summed E-state index contributed by atoms with van der Waals surface area (Å²) in [4.78, 5) is 68.3. The molecule has 262 valence electrons. The number of nitrogens with zero attached hydrogens (tertiary/aromatic N) is 1. The van der Waals surface area contributed by atoms with Crippen LogP contribution in [0, 0.1) is 5.92 Å². The number of hydrogen-bond donors (Lipinski definition) is 4. The molecular weight excluding hydrogens is 646 g/mol. The van der Waals surface area contributed by atoms with E-state index in [1.807, 2.05) is 6.08 Å². The van der Waals surface area contributed by atoms with Crippen LogP contribution in [0.4, 0.5) is 15.3 Å². The Hall–Kier alpha value is -4.18. The molecule has 5 rings (SSSR count). The monoisotopic (exact) mass is 689 g/mol. The van der Waals surface area contributed by atoms with Gasteiger partial charge in [0, 0.05) is 24.6 Å². The maximum Gasteiger partial charge on any atom is 0.411 e. The number of sulfonamides is 1. The molecule has 48 heavy (non-hydrogen) atoms. The van der Waals surface area contributed by atoms with Crippen LogP contribution in [0.1, 0.15) is 59.3 Å². The smallest absolute Gasteiger partial charge is 0.411 e. The topological polar surface area (TPSA) is 199 Å². The number of fused-ring (bicyclic) bond motifs is 2. The molecule has 0 aromatic heterocycles. The molecule has 0 bridgehead atoms. The molecule has 0 radical (unpaired) electrons.